The Morgan fingerprint density at radius 1 is 1.60 bits per heavy atom. The highest BCUT2D eigenvalue weighted by Gasteiger charge is 1.99. The molecule has 0 unspecified atom stereocenters. The van der Waals surface area contributed by atoms with Gasteiger partial charge in [0.2, 0.25) is 0 Å². The summed E-state index contributed by atoms with van der Waals surface area (Å²) in [7, 11) is 0. The van der Waals surface area contributed by atoms with E-state index >= 15 is 0 Å². The van der Waals surface area contributed by atoms with E-state index in [-0.39, 0.29) is 6.42 Å². The molecule has 76 valence electrons. The predicted molar refractivity (Wildman–Crippen MR) is 54.8 cm³/mol. The average molecular weight is 202 g/mol. The zero-order chi connectivity index (χ0) is 11.1. The minimum Gasteiger partial charge on any atom is -0.272 e. The lowest BCUT2D eigenvalue weighted by atomic mass is 10.2. The van der Waals surface area contributed by atoms with Gasteiger partial charge in [0, 0.05) is 18.0 Å². The summed E-state index contributed by atoms with van der Waals surface area (Å²) in [6.45, 7) is 1.77. The number of nitriles is 1. The van der Waals surface area contributed by atoms with E-state index in [4.69, 9.17) is 5.26 Å². The van der Waals surface area contributed by atoms with E-state index in [1.54, 1.807) is 37.5 Å². The topological polar surface area (TPSA) is 78.1 Å². The van der Waals surface area contributed by atoms with Gasteiger partial charge in [-0.05, 0) is 19.1 Å². The van der Waals surface area contributed by atoms with E-state index in [2.05, 4.69) is 15.5 Å². The monoisotopic (exact) mass is 202 g/mol. The summed E-state index contributed by atoms with van der Waals surface area (Å²) in [5.74, 6) is -0.411. The lowest BCUT2D eigenvalue weighted by Crippen LogP contribution is -2.18. The molecule has 15 heavy (non-hydrogen) atoms. The van der Waals surface area contributed by atoms with Gasteiger partial charge in [0.15, 0.2) is 0 Å². The highest BCUT2D eigenvalue weighted by Crippen LogP contribution is 1.97. The molecule has 0 atom stereocenters. The van der Waals surface area contributed by atoms with Crippen LogP contribution in [0.4, 0.5) is 0 Å². The van der Waals surface area contributed by atoms with Gasteiger partial charge in [-0.3, -0.25) is 9.78 Å². The van der Waals surface area contributed by atoms with Crippen molar-refractivity contribution in [1.82, 2.24) is 10.4 Å². The number of nitrogens with one attached hydrogen (secondary N) is 1. The fraction of sp³-hybridized carbons (Fsp3) is 0.200. The molecule has 0 bridgehead atoms. The van der Waals surface area contributed by atoms with Gasteiger partial charge in [0.1, 0.15) is 6.42 Å². The molecule has 1 rings (SSSR count). The largest absolute Gasteiger partial charge is 0.272 e. The van der Waals surface area contributed by atoms with Crippen molar-refractivity contribution in [1.29, 1.82) is 5.26 Å². The van der Waals surface area contributed by atoms with Crippen LogP contribution in [0, 0.1) is 11.3 Å². The maximum Gasteiger partial charge on any atom is 0.254 e. The van der Waals surface area contributed by atoms with Gasteiger partial charge in [0.25, 0.3) is 5.91 Å². The number of nitrogens with zero attached hydrogens (tertiary/aromatic N) is 3. The summed E-state index contributed by atoms with van der Waals surface area (Å²) in [5.41, 5.74) is 3.84. The summed E-state index contributed by atoms with van der Waals surface area (Å²) in [6, 6.07) is 5.31. The van der Waals surface area contributed by atoms with Crippen molar-refractivity contribution in [3.05, 3.63) is 30.1 Å². The second-order valence-corrected chi connectivity index (χ2v) is 2.80. The number of hydrogen-bond acceptors (Lipinski definition) is 4. The number of hydrogen-bond donors (Lipinski definition) is 1. The van der Waals surface area contributed by atoms with Crippen LogP contribution in [0.5, 0.6) is 0 Å². The van der Waals surface area contributed by atoms with E-state index < -0.39 is 5.91 Å². The molecule has 1 aromatic heterocycles. The third-order valence-electron chi connectivity index (χ3n) is 1.69. The Kier molecular flexibility index (Phi) is 3.98. The summed E-state index contributed by atoms with van der Waals surface area (Å²) < 4.78 is 0. The smallest absolute Gasteiger partial charge is 0.254 e. The van der Waals surface area contributed by atoms with Crippen LogP contribution in [0.15, 0.2) is 29.6 Å². The lowest BCUT2D eigenvalue weighted by molar-refractivity contribution is -0.120. The summed E-state index contributed by atoms with van der Waals surface area (Å²) >= 11 is 0. The quantitative estimate of drug-likeness (QED) is 0.582. The molecule has 0 aliphatic heterocycles. The van der Waals surface area contributed by atoms with Crippen molar-refractivity contribution in [2.75, 3.05) is 0 Å². The molecule has 0 fully saturated rings. The Balaban J connectivity index is 2.62. The Bertz CT molecular complexity index is 405. The van der Waals surface area contributed by atoms with Crippen LogP contribution >= 0.6 is 0 Å². The minimum absolute atomic E-state index is 0.187. The first kappa shape index (κ1) is 10.9. The maximum atomic E-state index is 10.9. The van der Waals surface area contributed by atoms with Crippen LogP contribution < -0.4 is 5.43 Å². The van der Waals surface area contributed by atoms with Gasteiger partial charge in [-0.25, -0.2) is 5.43 Å². The molecular formula is C10H10N4O. The molecule has 5 nitrogen and oxygen atoms in total. The van der Waals surface area contributed by atoms with Crippen LogP contribution in [0.2, 0.25) is 0 Å². The SMILES string of the molecule is C/C(=N\NC(=O)CC#N)c1ccncc1. The van der Waals surface area contributed by atoms with Gasteiger partial charge in [0.05, 0.1) is 11.8 Å². The Labute approximate surface area is 87.4 Å². The Hall–Kier alpha value is -2.22. The molecule has 0 spiro atoms. The average Bonchev–Trinajstić information content (AvgIpc) is 2.27. The van der Waals surface area contributed by atoms with Gasteiger partial charge < -0.3 is 0 Å². The van der Waals surface area contributed by atoms with Gasteiger partial charge in [-0.1, -0.05) is 0 Å². The van der Waals surface area contributed by atoms with Crippen molar-refractivity contribution in [3.63, 3.8) is 0 Å². The number of hydrazone groups is 1. The first-order chi connectivity index (χ1) is 7.24. The molecule has 0 aromatic carbocycles. The van der Waals surface area contributed by atoms with Crippen LogP contribution in [0.3, 0.4) is 0 Å². The highest BCUT2D eigenvalue weighted by atomic mass is 16.2. The van der Waals surface area contributed by atoms with E-state index in [1.807, 2.05) is 0 Å². The normalized spacial score (nSPS) is 10.5. The van der Waals surface area contributed by atoms with Gasteiger partial charge in [-0.15, -0.1) is 0 Å². The Morgan fingerprint density at radius 2 is 2.27 bits per heavy atom. The molecule has 1 heterocycles. The van der Waals surface area contributed by atoms with Crippen LogP contribution in [0.1, 0.15) is 18.9 Å². The van der Waals surface area contributed by atoms with Crippen molar-refractivity contribution in [3.8, 4) is 6.07 Å². The predicted octanol–water partition coefficient (Wildman–Crippen LogP) is 0.835. The number of pyridine rings is 1. The van der Waals surface area contributed by atoms with E-state index in [1.165, 1.54) is 0 Å². The molecule has 0 saturated carbocycles. The maximum absolute atomic E-state index is 10.9. The van der Waals surface area contributed by atoms with E-state index in [9.17, 15) is 4.79 Å². The fourth-order valence-electron chi connectivity index (χ4n) is 0.915. The van der Waals surface area contributed by atoms with Crippen molar-refractivity contribution < 1.29 is 4.79 Å². The molecule has 0 aliphatic rings. The number of aromatic nitrogens is 1. The second-order valence-electron chi connectivity index (χ2n) is 2.80. The van der Waals surface area contributed by atoms with Crippen molar-refractivity contribution in [2.45, 2.75) is 13.3 Å². The third-order valence-corrected chi connectivity index (χ3v) is 1.69. The zero-order valence-electron chi connectivity index (χ0n) is 8.27. The third kappa shape index (κ3) is 3.56. The number of rotatable bonds is 3. The summed E-state index contributed by atoms with van der Waals surface area (Å²) in [6.07, 6.45) is 3.10. The van der Waals surface area contributed by atoms with Gasteiger partial charge >= 0.3 is 0 Å². The summed E-state index contributed by atoms with van der Waals surface area (Å²) in [5, 5.41) is 12.1. The molecule has 1 aromatic rings. The van der Waals surface area contributed by atoms with Gasteiger partial charge in [-0.2, -0.15) is 10.4 Å². The molecule has 1 N–H and O–H groups in total. The van der Waals surface area contributed by atoms with Crippen LogP contribution in [-0.2, 0) is 4.79 Å². The molecule has 0 aliphatic carbocycles. The van der Waals surface area contributed by atoms with Crippen LogP contribution in [0.25, 0.3) is 0 Å². The first-order valence-electron chi connectivity index (χ1n) is 4.34. The first-order valence-corrected chi connectivity index (χ1v) is 4.34. The zero-order valence-corrected chi connectivity index (χ0v) is 8.27. The van der Waals surface area contributed by atoms with Crippen LogP contribution in [-0.4, -0.2) is 16.6 Å². The van der Waals surface area contributed by atoms with Crippen molar-refractivity contribution >= 4 is 11.6 Å². The second kappa shape index (κ2) is 5.50. The minimum atomic E-state index is -0.411. The standard InChI is InChI=1S/C10H10N4O/c1-8(9-3-6-12-7-4-9)13-14-10(15)2-5-11/h3-4,6-7H,2H2,1H3,(H,14,15)/b13-8+. The number of carbonyl (C=O) groups is 1. The summed E-state index contributed by atoms with van der Waals surface area (Å²) in [4.78, 5) is 14.8. The fourth-order valence-corrected chi connectivity index (χ4v) is 0.915. The molecule has 0 saturated heterocycles. The van der Waals surface area contributed by atoms with E-state index in [0.29, 0.717) is 5.71 Å². The number of carbonyl (C=O) groups excluding carboxylic acids is 1. The molecule has 0 radical (unpaired) electrons. The lowest BCUT2D eigenvalue weighted by Gasteiger charge is -1.99. The number of amides is 1. The highest BCUT2D eigenvalue weighted by molar-refractivity contribution is 5.99. The molecule has 5 heteroatoms. The van der Waals surface area contributed by atoms with E-state index in [0.717, 1.165) is 5.56 Å². The molecular weight excluding hydrogens is 192 g/mol. The van der Waals surface area contributed by atoms with Crippen molar-refractivity contribution in [2.24, 2.45) is 5.10 Å². The molecule has 1 amide bonds. The Morgan fingerprint density at radius 3 is 2.87 bits per heavy atom.